The molecule has 0 aromatic carbocycles. The van der Waals surface area contributed by atoms with Gasteiger partial charge in [-0.2, -0.15) is 0 Å². The van der Waals surface area contributed by atoms with Gasteiger partial charge in [0.25, 0.3) is 0 Å². The molecule has 0 radical (unpaired) electrons. The zero-order valence-corrected chi connectivity index (χ0v) is 9.22. The number of aliphatic hydroxyl groups excluding tert-OH is 1. The molecular formula is C8H20OSi. The fourth-order valence-electron chi connectivity index (χ4n) is 0.863. The highest BCUT2D eigenvalue weighted by molar-refractivity contribution is 6.41. The first kappa shape index (κ1) is 10.2. The van der Waals surface area contributed by atoms with Gasteiger partial charge < -0.3 is 5.11 Å². The number of hydrogen-bond acceptors (Lipinski definition) is 1. The summed E-state index contributed by atoms with van der Waals surface area (Å²) in [5.41, 5.74) is -0.000000000000000222. The van der Waals surface area contributed by atoms with Crippen LogP contribution in [-0.4, -0.2) is 20.4 Å². The lowest BCUT2D eigenvalue weighted by molar-refractivity contribution is 0.197. The minimum Gasteiger partial charge on any atom is -0.397 e. The summed E-state index contributed by atoms with van der Waals surface area (Å²) in [6.45, 7) is 10.8. The van der Waals surface area contributed by atoms with Gasteiger partial charge in [0.15, 0.2) is 0 Å². The summed E-state index contributed by atoms with van der Waals surface area (Å²) in [4.78, 5) is 0. The fourth-order valence-corrected chi connectivity index (χ4v) is 2.59. The molecule has 0 aliphatic rings. The predicted molar refractivity (Wildman–Crippen MR) is 49.1 cm³/mol. The number of aliphatic hydroxyl groups is 1. The third-order valence-corrected chi connectivity index (χ3v) is 4.18. The van der Waals surface area contributed by atoms with Gasteiger partial charge in [-0.15, -0.1) is 0 Å². The molecule has 2 heteroatoms. The molecule has 0 aliphatic heterocycles. The summed E-state index contributed by atoms with van der Waals surface area (Å²) >= 11 is 0. The first-order valence-electron chi connectivity index (χ1n) is 4.01. The highest BCUT2D eigenvalue weighted by Crippen LogP contribution is 2.22. The Morgan fingerprint density at radius 3 is 1.70 bits per heavy atom. The van der Waals surface area contributed by atoms with Crippen molar-refractivity contribution in [1.29, 1.82) is 0 Å². The van der Waals surface area contributed by atoms with E-state index in [9.17, 15) is 5.11 Å². The van der Waals surface area contributed by atoms with Crippen LogP contribution in [-0.2, 0) is 0 Å². The van der Waals surface area contributed by atoms with Crippen LogP contribution in [0.5, 0.6) is 0 Å². The highest BCUT2D eigenvalue weighted by atomic mass is 28.2. The molecule has 0 unspecified atom stereocenters. The quantitative estimate of drug-likeness (QED) is 0.605. The highest BCUT2D eigenvalue weighted by Gasteiger charge is 2.19. The van der Waals surface area contributed by atoms with Crippen LogP contribution >= 0.6 is 0 Å². The van der Waals surface area contributed by atoms with Crippen molar-refractivity contribution in [3.05, 3.63) is 0 Å². The van der Waals surface area contributed by atoms with Gasteiger partial charge in [-0.3, -0.25) is 0 Å². The molecule has 0 rings (SSSR count). The maximum absolute atomic E-state index is 9.52. The zero-order valence-electron chi connectivity index (χ0n) is 7.81. The van der Waals surface area contributed by atoms with Crippen molar-refractivity contribution in [3.8, 4) is 0 Å². The Morgan fingerprint density at radius 2 is 1.60 bits per heavy atom. The van der Waals surface area contributed by atoms with Gasteiger partial charge in [-0.05, 0) is 11.0 Å². The number of hydrogen-bond donors (Lipinski definition) is 1. The van der Waals surface area contributed by atoms with Crippen LogP contribution in [0.4, 0.5) is 0 Å². The van der Waals surface area contributed by atoms with Gasteiger partial charge in [0.2, 0.25) is 0 Å². The summed E-state index contributed by atoms with van der Waals surface area (Å²) < 4.78 is 0. The van der Waals surface area contributed by atoms with Crippen molar-refractivity contribution in [1.82, 2.24) is 0 Å². The van der Waals surface area contributed by atoms with Crippen molar-refractivity contribution in [2.24, 2.45) is 5.92 Å². The molecule has 0 aromatic rings. The number of rotatable bonds is 2. The van der Waals surface area contributed by atoms with Crippen LogP contribution in [0.15, 0.2) is 0 Å². The Bertz CT molecular complexity index is 93.9. The van der Waals surface area contributed by atoms with E-state index in [1.165, 1.54) is 0 Å². The lowest BCUT2D eigenvalue weighted by atomic mass is 10.2. The maximum atomic E-state index is 9.52. The van der Waals surface area contributed by atoms with Crippen LogP contribution in [0, 0.1) is 5.92 Å². The Hall–Kier alpha value is 0.177. The molecule has 0 fully saturated rings. The lowest BCUT2D eigenvalue weighted by Gasteiger charge is -2.23. The SMILES string of the molecule is CC(C)[C@H](O)[SiH2]C(C)(C)C. The van der Waals surface area contributed by atoms with E-state index in [-0.39, 0.29) is 15.2 Å². The van der Waals surface area contributed by atoms with E-state index in [2.05, 4.69) is 34.6 Å². The molecule has 1 atom stereocenters. The van der Waals surface area contributed by atoms with E-state index in [0.717, 1.165) is 0 Å². The van der Waals surface area contributed by atoms with Crippen molar-refractivity contribution in [2.45, 2.75) is 45.4 Å². The summed E-state index contributed by atoms with van der Waals surface area (Å²) in [5.74, 6) is 0.450. The summed E-state index contributed by atoms with van der Waals surface area (Å²) in [6.07, 6.45) is 0. The second-order valence-electron chi connectivity index (χ2n) is 4.58. The average Bonchev–Trinajstić information content (AvgIpc) is 1.60. The molecule has 1 N–H and O–H groups in total. The average molecular weight is 160 g/mol. The van der Waals surface area contributed by atoms with Crippen LogP contribution in [0.25, 0.3) is 0 Å². The Kier molecular flexibility index (Phi) is 3.60. The molecular weight excluding hydrogens is 140 g/mol. The Balaban J connectivity index is 3.68. The molecule has 0 aliphatic carbocycles. The first-order valence-corrected chi connectivity index (χ1v) is 5.53. The van der Waals surface area contributed by atoms with E-state index in [1.54, 1.807) is 0 Å². The normalized spacial score (nSPS) is 17.1. The minimum absolute atomic E-state index is 0.000000000000000222. The second-order valence-corrected chi connectivity index (χ2v) is 7.94. The molecule has 0 bridgehead atoms. The molecule has 0 amide bonds. The maximum Gasteiger partial charge on any atom is 0.0613 e. The van der Waals surface area contributed by atoms with Crippen LogP contribution in [0.3, 0.4) is 0 Å². The van der Waals surface area contributed by atoms with Crippen molar-refractivity contribution < 1.29 is 5.11 Å². The van der Waals surface area contributed by atoms with Crippen molar-refractivity contribution in [3.63, 3.8) is 0 Å². The van der Waals surface area contributed by atoms with Crippen molar-refractivity contribution >= 4 is 9.52 Å². The van der Waals surface area contributed by atoms with Gasteiger partial charge in [0, 0.05) is 5.73 Å². The lowest BCUT2D eigenvalue weighted by Crippen LogP contribution is -2.28. The third kappa shape index (κ3) is 5.00. The molecule has 1 nitrogen and oxygen atoms in total. The molecule has 10 heavy (non-hydrogen) atoms. The molecule has 0 saturated carbocycles. The van der Waals surface area contributed by atoms with Crippen LogP contribution in [0.2, 0.25) is 5.04 Å². The Labute approximate surface area is 66.7 Å². The van der Waals surface area contributed by atoms with Crippen LogP contribution < -0.4 is 0 Å². The van der Waals surface area contributed by atoms with Gasteiger partial charge in [-0.1, -0.05) is 34.6 Å². The summed E-state index contributed by atoms with van der Waals surface area (Å²) in [6, 6.07) is 0. The Morgan fingerprint density at radius 1 is 1.20 bits per heavy atom. The van der Waals surface area contributed by atoms with Gasteiger partial charge >= 0.3 is 0 Å². The van der Waals surface area contributed by atoms with Gasteiger partial charge in [0.1, 0.15) is 0 Å². The largest absolute Gasteiger partial charge is 0.397 e. The molecule has 62 valence electrons. The van der Waals surface area contributed by atoms with Crippen molar-refractivity contribution in [2.75, 3.05) is 0 Å². The summed E-state index contributed by atoms with van der Waals surface area (Å²) in [7, 11) is -0.318. The standard InChI is InChI=1S/C8H20OSi/c1-6(2)7(9)10-8(3,4)5/h6-7,9H,10H2,1-5H3/t7-/m1/s1. The predicted octanol–water partition coefficient (Wildman–Crippen LogP) is 1.35. The van der Waals surface area contributed by atoms with Gasteiger partial charge in [-0.25, -0.2) is 0 Å². The molecule has 0 heterocycles. The first-order chi connectivity index (χ1) is 4.33. The fraction of sp³-hybridized carbons (Fsp3) is 1.00. The van der Waals surface area contributed by atoms with E-state index in [4.69, 9.17) is 0 Å². The van der Waals surface area contributed by atoms with E-state index < -0.39 is 0 Å². The van der Waals surface area contributed by atoms with Crippen LogP contribution in [0.1, 0.15) is 34.6 Å². The zero-order chi connectivity index (χ0) is 8.36. The summed E-state index contributed by atoms with van der Waals surface area (Å²) in [5, 5.41) is 9.92. The minimum atomic E-state index is -0.318. The van der Waals surface area contributed by atoms with E-state index >= 15 is 0 Å². The van der Waals surface area contributed by atoms with E-state index in [1.807, 2.05) is 0 Å². The second kappa shape index (κ2) is 3.53. The monoisotopic (exact) mass is 160 g/mol. The topological polar surface area (TPSA) is 20.2 Å². The molecule has 0 saturated heterocycles. The molecule has 0 spiro atoms. The molecule has 0 aromatic heterocycles. The smallest absolute Gasteiger partial charge is 0.0613 e. The van der Waals surface area contributed by atoms with E-state index in [0.29, 0.717) is 11.0 Å². The third-order valence-electron chi connectivity index (χ3n) is 1.59. The van der Waals surface area contributed by atoms with Gasteiger partial charge in [0.05, 0.1) is 9.52 Å².